The Labute approximate surface area is 120 Å². The Balaban J connectivity index is 2.07. The largest absolute Gasteiger partial charge is 0.326 e. The second-order valence-electron chi connectivity index (χ2n) is 4.00. The highest BCUT2D eigenvalue weighted by Gasteiger charge is 2.21. The Bertz CT molecular complexity index is 632. The molecule has 0 atom stereocenters. The van der Waals surface area contributed by atoms with Crippen LogP contribution in [0.25, 0.3) is 0 Å². The maximum atomic E-state index is 12.2. The molecule has 0 saturated carbocycles. The number of nitrogens with one attached hydrogen (secondary N) is 1. The number of hydrogen-bond donors (Lipinski definition) is 2. The van der Waals surface area contributed by atoms with Crippen LogP contribution in [0.4, 0.5) is 0 Å². The minimum Gasteiger partial charge on any atom is -0.326 e. The summed E-state index contributed by atoms with van der Waals surface area (Å²) in [6.07, 6.45) is 0.587. The fraction of sp³-hybridized carbons (Fsp3) is 0.364. The maximum Gasteiger partial charge on any atom is 0.241 e. The number of sulfonamides is 1. The quantitative estimate of drug-likeness (QED) is 0.845. The van der Waals surface area contributed by atoms with Crippen LogP contribution in [0.2, 0.25) is 0 Å². The van der Waals surface area contributed by atoms with Gasteiger partial charge in [-0.1, -0.05) is 0 Å². The number of aromatic nitrogens is 1. The van der Waals surface area contributed by atoms with E-state index in [0.717, 1.165) is 11.3 Å². The van der Waals surface area contributed by atoms with Crippen molar-refractivity contribution in [2.45, 2.75) is 24.8 Å². The van der Waals surface area contributed by atoms with Crippen LogP contribution in [0, 0.1) is 6.92 Å². The van der Waals surface area contributed by atoms with Gasteiger partial charge in [0, 0.05) is 29.8 Å². The van der Waals surface area contributed by atoms with E-state index >= 15 is 0 Å². The van der Waals surface area contributed by atoms with Crippen molar-refractivity contribution in [2.24, 2.45) is 5.73 Å². The molecule has 2 aromatic rings. The summed E-state index contributed by atoms with van der Waals surface area (Å²) in [6.45, 7) is 2.36. The molecule has 2 heterocycles. The number of thiophene rings is 1. The summed E-state index contributed by atoms with van der Waals surface area (Å²) >= 11 is 2.88. The molecule has 0 aliphatic rings. The van der Waals surface area contributed by atoms with Crippen molar-refractivity contribution in [1.29, 1.82) is 0 Å². The normalized spacial score (nSPS) is 11.9. The van der Waals surface area contributed by atoms with Gasteiger partial charge in [-0.2, -0.15) is 0 Å². The Hall–Kier alpha value is -0.800. The monoisotopic (exact) mass is 317 g/mol. The molecule has 0 aliphatic carbocycles. The van der Waals surface area contributed by atoms with Gasteiger partial charge in [-0.15, -0.1) is 22.7 Å². The lowest BCUT2D eigenvalue weighted by Gasteiger charge is -2.07. The molecule has 0 bridgehead atoms. The van der Waals surface area contributed by atoms with E-state index in [0.29, 0.717) is 22.7 Å². The van der Waals surface area contributed by atoms with E-state index < -0.39 is 10.0 Å². The topological polar surface area (TPSA) is 85.1 Å². The van der Waals surface area contributed by atoms with E-state index in [1.54, 1.807) is 12.4 Å². The van der Waals surface area contributed by atoms with Crippen LogP contribution in [-0.2, 0) is 23.0 Å². The van der Waals surface area contributed by atoms with Gasteiger partial charge < -0.3 is 5.73 Å². The molecule has 104 valence electrons. The van der Waals surface area contributed by atoms with Gasteiger partial charge in [-0.05, 0) is 17.9 Å². The van der Waals surface area contributed by atoms with E-state index in [9.17, 15) is 8.42 Å². The summed E-state index contributed by atoms with van der Waals surface area (Å²) in [7, 11) is -3.49. The van der Waals surface area contributed by atoms with Gasteiger partial charge in [0.2, 0.25) is 10.0 Å². The van der Waals surface area contributed by atoms with Crippen LogP contribution in [0.1, 0.15) is 16.1 Å². The maximum absolute atomic E-state index is 12.2. The smallest absolute Gasteiger partial charge is 0.241 e. The molecule has 0 aromatic carbocycles. The van der Waals surface area contributed by atoms with Crippen LogP contribution in [0.5, 0.6) is 0 Å². The highest BCUT2D eigenvalue weighted by Crippen LogP contribution is 2.26. The van der Waals surface area contributed by atoms with Crippen molar-refractivity contribution in [2.75, 3.05) is 6.54 Å². The second-order valence-corrected chi connectivity index (χ2v) is 7.39. The number of aryl methyl sites for hydroxylation is 1. The van der Waals surface area contributed by atoms with Crippen LogP contribution in [0.15, 0.2) is 21.2 Å². The minimum absolute atomic E-state index is 0.237. The van der Waals surface area contributed by atoms with Crippen LogP contribution < -0.4 is 10.5 Å². The third kappa shape index (κ3) is 3.40. The van der Waals surface area contributed by atoms with E-state index in [1.807, 2.05) is 10.8 Å². The Morgan fingerprint density at radius 2 is 2.21 bits per heavy atom. The lowest BCUT2D eigenvalue weighted by Crippen LogP contribution is -2.27. The fourth-order valence-electron chi connectivity index (χ4n) is 1.74. The van der Waals surface area contributed by atoms with E-state index in [2.05, 4.69) is 9.71 Å². The highest BCUT2D eigenvalue weighted by atomic mass is 32.2. The molecule has 0 fully saturated rings. The lowest BCUT2D eigenvalue weighted by molar-refractivity contribution is 0.580. The van der Waals surface area contributed by atoms with E-state index in [4.69, 9.17) is 5.73 Å². The minimum atomic E-state index is -3.49. The predicted octanol–water partition coefficient (Wildman–Crippen LogP) is 1.49. The number of nitrogens with zero attached hydrogens (tertiary/aromatic N) is 1. The summed E-state index contributed by atoms with van der Waals surface area (Å²) in [6, 6.07) is 0. The van der Waals surface area contributed by atoms with Gasteiger partial charge in [-0.25, -0.2) is 18.1 Å². The molecular formula is C11H15N3O2S3. The molecule has 0 unspecified atom stereocenters. The summed E-state index contributed by atoms with van der Waals surface area (Å²) in [5.41, 5.74) is 8.95. The van der Waals surface area contributed by atoms with Crippen LogP contribution in [0.3, 0.4) is 0 Å². The first-order chi connectivity index (χ1) is 9.04. The molecule has 3 N–H and O–H groups in total. The molecule has 0 radical (unpaired) electrons. The van der Waals surface area contributed by atoms with Gasteiger partial charge >= 0.3 is 0 Å². The molecule has 2 rings (SSSR count). The number of nitrogens with two attached hydrogens (primary N) is 1. The van der Waals surface area contributed by atoms with Crippen molar-refractivity contribution >= 4 is 32.7 Å². The first-order valence-electron chi connectivity index (χ1n) is 5.68. The second kappa shape index (κ2) is 6.10. The predicted molar refractivity (Wildman–Crippen MR) is 78.0 cm³/mol. The van der Waals surface area contributed by atoms with Crippen LogP contribution >= 0.6 is 22.7 Å². The van der Waals surface area contributed by atoms with Crippen molar-refractivity contribution < 1.29 is 8.42 Å². The average molecular weight is 317 g/mol. The molecular weight excluding hydrogens is 302 g/mol. The highest BCUT2D eigenvalue weighted by molar-refractivity contribution is 7.89. The standard InChI is InChI=1S/C11H15N3O2S3/c1-8-5-18-10(4-12)11(8)19(15,16)14-3-2-9-6-17-7-13-9/h5-7,14H,2-4,12H2,1H3. The Morgan fingerprint density at radius 3 is 2.84 bits per heavy atom. The van der Waals surface area contributed by atoms with Gasteiger partial charge in [0.05, 0.1) is 11.2 Å². The number of hydrogen-bond acceptors (Lipinski definition) is 6. The third-order valence-corrected chi connectivity index (χ3v) is 6.18. The molecule has 19 heavy (non-hydrogen) atoms. The Kier molecular flexibility index (Phi) is 4.69. The van der Waals surface area contributed by atoms with Crippen molar-refractivity contribution in [1.82, 2.24) is 9.71 Å². The van der Waals surface area contributed by atoms with Gasteiger partial charge in [0.25, 0.3) is 0 Å². The zero-order valence-corrected chi connectivity index (χ0v) is 12.9. The molecule has 8 heteroatoms. The van der Waals surface area contributed by atoms with Crippen molar-refractivity contribution in [3.63, 3.8) is 0 Å². The molecule has 0 spiro atoms. The molecule has 0 amide bonds. The number of thiazole rings is 1. The first kappa shape index (κ1) is 14.6. The Morgan fingerprint density at radius 1 is 1.42 bits per heavy atom. The summed E-state index contributed by atoms with van der Waals surface area (Å²) in [5, 5.41) is 3.73. The van der Waals surface area contributed by atoms with Gasteiger partial charge in [0.15, 0.2) is 0 Å². The summed E-state index contributed by atoms with van der Waals surface area (Å²) in [4.78, 5) is 5.14. The zero-order valence-electron chi connectivity index (χ0n) is 10.4. The third-order valence-electron chi connectivity index (χ3n) is 2.60. The van der Waals surface area contributed by atoms with E-state index in [-0.39, 0.29) is 6.54 Å². The van der Waals surface area contributed by atoms with Crippen LogP contribution in [-0.4, -0.2) is 19.9 Å². The molecule has 0 aliphatic heterocycles. The van der Waals surface area contributed by atoms with Gasteiger partial charge in [0.1, 0.15) is 4.90 Å². The van der Waals surface area contributed by atoms with Crippen molar-refractivity contribution in [3.05, 3.63) is 32.4 Å². The first-order valence-corrected chi connectivity index (χ1v) is 8.99. The summed E-state index contributed by atoms with van der Waals surface area (Å²) < 4.78 is 27.1. The van der Waals surface area contributed by atoms with E-state index in [1.165, 1.54) is 22.7 Å². The number of rotatable bonds is 6. The molecule has 2 aromatic heterocycles. The molecule has 5 nitrogen and oxygen atoms in total. The summed E-state index contributed by atoms with van der Waals surface area (Å²) in [5.74, 6) is 0. The van der Waals surface area contributed by atoms with Crippen molar-refractivity contribution in [3.8, 4) is 0 Å². The zero-order chi connectivity index (χ0) is 13.9. The lowest BCUT2D eigenvalue weighted by atomic mass is 10.3. The SMILES string of the molecule is Cc1csc(CN)c1S(=O)(=O)NCCc1cscn1. The molecule has 0 saturated heterocycles. The average Bonchev–Trinajstić information content (AvgIpc) is 2.98. The van der Waals surface area contributed by atoms with Gasteiger partial charge in [-0.3, -0.25) is 0 Å². The fourth-order valence-corrected chi connectivity index (χ4v) is 5.06.